The van der Waals surface area contributed by atoms with Gasteiger partial charge in [0.2, 0.25) is 0 Å². The molecule has 0 aromatic heterocycles. The van der Waals surface area contributed by atoms with Crippen molar-refractivity contribution in [3.8, 4) is 0 Å². The highest BCUT2D eigenvalue weighted by atomic mass is 16.6. The number of benzene rings is 1. The van der Waals surface area contributed by atoms with Gasteiger partial charge < -0.3 is 10.0 Å². The van der Waals surface area contributed by atoms with Crippen molar-refractivity contribution in [1.29, 1.82) is 0 Å². The standard InChI is InChI=1S/C13H16N2O3/c1-10-3-2-6-14(8-10)12-5-4-11(9-16)7-13(12)15(17)18/h3-5,7,16H,2,6,8-9H2,1H3. The van der Waals surface area contributed by atoms with Crippen LogP contribution in [-0.4, -0.2) is 23.1 Å². The number of rotatable bonds is 3. The van der Waals surface area contributed by atoms with Crippen LogP contribution in [0.2, 0.25) is 0 Å². The van der Waals surface area contributed by atoms with Crippen molar-refractivity contribution >= 4 is 11.4 Å². The first-order valence-corrected chi connectivity index (χ1v) is 5.90. The Balaban J connectivity index is 2.37. The summed E-state index contributed by atoms with van der Waals surface area (Å²) in [6.45, 7) is 3.36. The van der Waals surface area contributed by atoms with Crippen molar-refractivity contribution in [2.45, 2.75) is 20.0 Å². The van der Waals surface area contributed by atoms with Crippen LogP contribution in [0.1, 0.15) is 18.9 Å². The largest absolute Gasteiger partial charge is 0.392 e. The molecular weight excluding hydrogens is 232 g/mol. The summed E-state index contributed by atoms with van der Waals surface area (Å²) in [5.74, 6) is 0. The quantitative estimate of drug-likeness (QED) is 0.506. The highest BCUT2D eigenvalue weighted by molar-refractivity contribution is 5.65. The van der Waals surface area contributed by atoms with Gasteiger partial charge in [0.05, 0.1) is 11.5 Å². The molecule has 0 radical (unpaired) electrons. The minimum absolute atomic E-state index is 0.0660. The van der Waals surface area contributed by atoms with Gasteiger partial charge in [0, 0.05) is 19.2 Å². The molecule has 96 valence electrons. The Morgan fingerprint density at radius 2 is 2.28 bits per heavy atom. The van der Waals surface area contributed by atoms with E-state index in [-0.39, 0.29) is 17.2 Å². The second kappa shape index (κ2) is 5.18. The lowest BCUT2D eigenvalue weighted by atomic mass is 10.1. The van der Waals surface area contributed by atoms with E-state index in [9.17, 15) is 10.1 Å². The fourth-order valence-corrected chi connectivity index (χ4v) is 2.20. The Labute approximate surface area is 105 Å². The van der Waals surface area contributed by atoms with Crippen molar-refractivity contribution < 1.29 is 10.0 Å². The molecule has 0 spiro atoms. The summed E-state index contributed by atoms with van der Waals surface area (Å²) in [4.78, 5) is 12.7. The summed E-state index contributed by atoms with van der Waals surface area (Å²) in [7, 11) is 0. The van der Waals surface area contributed by atoms with Gasteiger partial charge in [0.15, 0.2) is 0 Å². The van der Waals surface area contributed by atoms with Gasteiger partial charge in [-0.1, -0.05) is 17.7 Å². The molecule has 1 N–H and O–H groups in total. The van der Waals surface area contributed by atoms with Crippen molar-refractivity contribution in [3.05, 3.63) is 45.5 Å². The fraction of sp³-hybridized carbons (Fsp3) is 0.385. The predicted molar refractivity (Wildman–Crippen MR) is 69.6 cm³/mol. The summed E-state index contributed by atoms with van der Waals surface area (Å²) >= 11 is 0. The van der Waals surface area contributed by atoms with Gasteiger partial charge in [-0.05, 0) is 25.0 Å². The summed E-state index contributed by atoms with van der Waals surface area (Å²) < 4.78 is 0. The Kier molecular flexibility index (Phi) is 3.62. The molecule has 1 aromatic rings. The number of nitro groups is 1. The average Bonchev–Trinajstić information content (AvgIpc) is 2.38. The maximum atomic E-state index is 11.1. The van der Waals surface area contributed by atoms with Gasteiger partial charge in [-0.3, -0.25) is 10.1 Å². The Morgan fingerprint density at radius 1 is 1.50 bits per heavy atom. The third kappa shape index (κ3) is 2.51. The van der Waals surface area contributed by atoms with Crippen LogP contribution in [0.25, 0.3) is 0 Å². The molecular formula is C13H16N2O3. The molecule has 0 aliphatic carbocycles. The first kappa shape index (κ1) is 12.6. The summed E-state index contributed by atoms with van der Waals surface area (Å²) in [6.07, 6.45) is 3.06. The summed E-state index contributed by atoms with van der Waals surface area (Å²) in [5, 5.41) is 20.1. The number of anilines is 1. The molecule has 0 saturated heterocycles. The highest BCUT2D eigenvalue weighted by Crippen LogP contribution is 2.31. The third-order valence-corrected chi connectivity index (χ3v) is 3.09. The van der Waals surface area contributed by atoms with E-state index in [0.717, 1.165) is 19.5 Å². The molecule has 1 aliphatic heterocycles. The molecule has 0 saturated carbocycles. The average molecular weight is 248 g/mol. The maximum absolute atomic E-state index is 11.1. The molecule has 0 bridgehead atoms. The van der Waals surface area contributed by atoms with Crippen molar-refractivity contribution in [2.24, 2.45) is 0 Å². The zero-order chi connectivity index (χ0) is 13.1. The van der Waals surface area contributed by atoms with E-state index in [0.29, 0.717) is 11.3 Å². The zero-order valence-corrected chi connectivity index (χ0v) is 10.3. The molecule has 1 aromatic carbocycles. The van der Waals surface area contributed by atoms with E-state index in [1.807, 2.05) is 11.8 Å². The minimum atomic E-state index is -0.387. The van der Waals surface area contributed by atoms with Crippen LogP contribution in [0.15, 0.2) is 29.8 Å². The zero-order valence-electron chi connectivity index (χ0n) is 10.3. The molecule has 5 nitrogen and oxygen atoms in total. The number of aliphatic hydroxyl groups is 1. The van der Waals surface area contributed by atoms with Crippen LogP contribution in [0.3, 0.4) is 0 Å². The van der Waals surface area contributed by atoms with E-state index in [2.05, 4.69) is 6.08 Å². The molecule has 0 atom stereocenters. The fourth-order valence-electron chi connectivity index (χ4n) is 2.20. The Hall–Kier alpha value is -1.88. The summed E-state index contributed by atoms with van der Waals surface area (Å²) in [5.41, 5.74) is 2.48. The number of nitro benzene ring substituents is 1. The van der Waals surface area contributed by atoms with Crippen LogP contribution < -0.4 is 4.90 Å². The van der Waals surface area contributed by atoms with Crippen LogP contribution in [0.5, 0.6) is 0 Å². The van der Waals surface area contributed by atoms with Gasteiger partial charge in [-0.25, -0.2) is 0 Å². The highest BCUT2D eigenvalue weighted by Gasteiger charge is 2.21. The Bertz CT molecular complexity index is 497. The first-order chi connectivity index (χ1) is 8.61. The van der Waals surface area contributed by atoms with E-state index < -0.39 is 0 Å². The molecule has 5 heteroatoms. The van der Waals surface area contributed by atoms with Gasteiger partial charge in [-0.15, -0.1) is 0 Å². The number of hydrogen-bond acceptors (Lipinski definition) is 4. The van der Waals surface area contributed by atoms with Gasteiger partial charge >= 0.3 is 0 Å². The normalized spacial score (nSPS) is 15.4. The number of nitrogens with zero attached hydrogens (tertiary/aromatic N) is 2. The first-order valence-electron chi connectivity index (χ1n) is 5.90. The van der Waals surface area contributed by atoms with Crippen LogP contribution in [0, 0.1) is 10.1 Å². The lowest BCUT2D eigenvalue weighted by molar-refractivity contribution is -0.384. The van der Waals surface area contributed by atoms with Gasteiger partial charge in [0.1, 0.15) is 5.69 Å². The van der Waals surface area contributed by atoms with Gasteiger partial charge in [-0.2, -0.15) is 0 Å². The maximum Gasteiger partial charge on any atom is 0.292 e. The SMILES string of the molecule is CC1=CCCN(c2ccc(CO)cc2[N+](=O)[O-])C1. The van der Waals surface area contributed by atoms with Crippen LogP contribution in [0.4, 0.5) is 11.4 Å². The lowest BCUT2D eigenvalue weighted by Crippen LogP contribution is -2.29. The minimum Gasteiger partial charge on any atom is -0.392 e. The monoisotopic (exact) mass is 248 g/mol. The third-order valence-electron chi connectivity index (χ3n) is 3.09. The molecule has 18 heavy (non-hydrogen) atoms. The topological polar surface area (TPSA) is 66.6 Å². The van der Waals surface area contributed by atoms with Crippen molar-refractivity contribution in [3.63, 3.8) is 0 Å². The number of aliphatic hydroxyl groups excluding tert-OH is 1. The van der Waals surface area contributed by atoms with Gasteiger partial charge in [0.25, 0.3) is 5.69 Å². The lowest BCUT2D eigenvalue weighted by Gasteiger charge is -2.28. The summed E-state index contributed by atoms with van der Waals surface area (Å²) in [6, 6.07) is 4.90. The predicted octanol–water partition coefficient (Wildman–Crippen LogP) is 2.24. The Morgan fingerprint density at radius 3 is 2.89 bits per heavy atom. The number of hydrogen-bond donors (Lipinski definition) is 1. The molecule has 2 rings (SSSR count). The van der Waals surface area contributed by atoms with E-state index in [1.54, 1.807) is 12.1 Å². The van der Waals surface area contributed by atoms with E-state index in [4.69, 9.17) is 5.11 Å². The molecule has 0 amide bonds. The van der Waals surface area contributed by atoms with Crippen LogP contribution in [-0.2, 0) is 6.61 Å². The van der Waals surface area contributed by atoms with Crippen molar-refractivity contribution in [1.82, 2.24) is 0 Å². The molecule has 1 heterocycles. The molecule has 1 aliphatic rings. The van der Waals surface area contributed by atoms with Crippen molar-refractivity contribution in [2.75, 3.05) is 18.0 Å². The molecule has 0 unspecified atom stereocenters. The second-order valence-corrected chi connectivity index (χ2v) is 4.50. The van der Waals surface area contributed by atoms with E-state index in [1.165, 1.54) is 11.6 Å². The molecule has 0 fully saturated rings. The van der Waals surface area contributed by atoms with E-state index >= 15 is 0 Å². The van der Waals surface area contributed by atoms with Crippen LogP contribution >= 0.6 is 0 Å². The second-order valence-electron chi connectivity index (χ2n) is 4.50. The smallest absolute Gasteiger partial charge is 0.292 e.